The smallest absolute Gasteiger partial charge is 0.163 e. The first-order valence-electron chi connectivity index (χ1n) is 5.43. The molecule has 1 aromatic heterocycles. The lowest BCUT2D eigenvalue weighted by Crippen LogP contribution is -2.30. The number of ether oxygens (including phenoxy) is 2. The van der Waals surface area contributed by atoms with Crippen LogP contribution in [0.25, 0.3) is 0 Å². The summed E-state index contributed by atoms with van der Waals surface area (Å²) in [7, 11) is 0. The van der Waals surface area contributed by atoms with Gasteiger partial charge in [0.05, 0.1) is 18.4 Å². The summed E-state index contributed by atoms with van der Waals surface area (Å²) >= 11 is 0. The minimum absolute atomic E-state index is 0.117. The average Bonchev–Trinajstić information content (AvgIpc) is 2.60. The van der Waals surface area contributed by atoms with Crippen molar-refractivity contribution in [1.82, 2.24) is 15.3 Å². The van der Waals surface area contributed by atoms with Crippen molar-refractivity contribution in [1.29, 1.82) is 0 Å². The fourth-order valence-electron chi connectivity index (χ4n) is 1.65. The van der Waals surface area contributed by atoms with E-state index < -0.39 is 5.79 Å². The third-order valence-electron chi connectivity index (χ3n) is 2.36. The third-order valence-corrected chi connectivity index (χ3v) is 2.36. The summed E-state index contributed by atoms with van der Waals surface area (Å²) in [6.07, 6.45) is 5.23. The number of hydrogen-bond acceptors (Lipinski definition) is 5. The largest absolute Gasteiger partial charge is 0.348 e. The molecule has 5 nitrogen and oxygen atoms in total. The summed E-state index contributed by atoms with van der Waals surface area (Å²) in [5, 5.41) is 3.27. The van der Waals surface area contributed by atoms with Gasteiger partial charge in [0, 0.05) is 31.7 Å². The fourth-order valence-corrected chi connectivity index (χ4v) is 1.65. The van der Waals surface area contributed by atoms with E-state index in [4.69, 9.17) is 9.47 Å². The monoisotopic (exact) mass is 223 g/mol. The van der Waals surface area contributed by atoms with E-state index in [9.17, 15) is 0 Å². The van der Waals surface area contributed by atoms with E-state index in [0.29, 0.717) is 13.2 Å². The van der Waals surface area contributed by atoms with Gasteiger partial charge in [-0.25, -0.2) is 0 Å². The van der Waals surface area contributed by atoms with Crippen LogP contribution < -0.4 is 5.32 Å². The Balaban J connectivity index is 1.70. The molecule has 0 aliphatic carbocycles. The zero-order valence-corrected chi connectivity index (χ0v) is 9.64. The molecule has 1 fully saturated rings. The van der Waals surface area contributed by atoms with Gasteiger partial charge in [0.15, 0.2) is 5.79 Å². The van der Waals surface area contributed by atoms with Gasteiger partial charge in [0.1, 0.15) is 0 Å². The van der Waals surface area contributed by atoms with Gasteiger partial charge in [-0.1, -0.05) is 0 Å². The second-order valence-corrected chi connectivity index (χ2v) is 4.28. The standard InChI is InChI=1S/C11H17N3O2/c1-11(2)15-8-10(16-11)7-13-6-9-5-12-3-4-14-9/h3-5,10,13H,6-8H2,1-2H3. The maximum Gasteiger partial charge on any atom is 0.163 e. The average molecular weight is 223 g/mol. The second-order valence-electron chi connectivity index (χ2n) is 4.28. The summed E-state index contributed by atoms with van der Waals surface area (Å²) in [6, 6.07) is 0. The molecule has 16 heavy (non-hydrogen) atoms. The van der Waals surface area contributed by atoms with Crippen molar-refractivity contribution in [2.45, 2.75) is 32.3 Å². The van der Waals surface area contributed by atoms with Gasteiger partial charge < -0.3 is 14.8 Å². The Labute approximate surface area is 95.2 Å². The SMILES string of the molecule is CC1(C)OCC(CNCc2cnccn2)O1. The molecule has 88 valence electrons. The Morgan fingerprint density at radius 3 is 3.00 bits per heavy atom. The number of rotatable bonds is 4. The molecule has 0 spiro atoms. The first kappa shape index (κ1) is 11.4. The van der Waals surface area contributed by atoms with Crippen molar-refractivity contribution in [3.63, 3.8) is 0 Å². The van der Waals surface area contributed by atoms with Crippen molar-refractivity contribution < 1.29 is 9.47 Å². The molecule has 1 aromatic rings. The second kappa shape index (κ2) is 4.86. The highest BCUT2D eigenvalue weighted by Crippen LogP contribution is 2.21. The molecule has 0 aromatic carbocycles. The van der Waals surface area contributed by atoms with Gasteiger partial charge in [-0.05, 0) is 13.8 Å². The predicted molar refractivity (Wildman–Crippen MR) is 58.6 cm³/mol. The fraction of sp³-hybridized carbons (Fsp3) is 0.636. The molecular formula is C11H17N3O2. The quantitative estimate of drug-likeness (QED) is 0.815. The van der Waals surface area contributed by atoms with Crippen LogP contribution in [-0.4, -0.2) is 35.0 Å². The molecule has 5 heteroatoms. The molecular weight excluding hydrogens is 206 g/mol. The van der Waals surface area contributed by atoms with Crippen LogP contribution in [0.1, 0.15) is 19.5 Å². The number of nitrogens with one attached hydrogen (secondary N) is 1. The predicted octanol–water partition coefficient (Wildman–Crippen LogP) is 0.718. The van der Waals surface area contributed by atoms with Gasteiger partial charge in [-0.3, -0.25) is 9.97 Å². The van der Waals surface area contributed by atoms with Crippen LogP contribution in [0.5, 0.6) is 0 Å². The highest BCUT2D eigenvalue weighted by atomic mass is 16.7. The van der Waals surface area contributed by atoms with Gasteiger partial charge in [0.2, 0.25) is 0 Å². The molecule has 0 saturated carbocycles. The maximum atomic E-state index is 5.67. The molecule has 0 radical (unpaired) electrons. The number of aromatic nitrogens is 2. The molecule has 1 N–H and O–H groups in total. The van der Waals surface area contributed by atoms with E-state index in [2.05, 4.69) is 15.3 Å². The lowest BCUT2D eigenvalue weighted by Gasteiger charge is -2.17. The van der Waals surface area contributed by atoms with E-state index in [-0.39, 0.29) is 6.10 Å². The van der Waals surface area contributed by atoms with E-state index in [1.807, 2.05) is 13.8 Å². The first-order valence-corrected chi connectivity index (χ1v) is 5.43. The highest BCUT2D eigenvalue weighted by Gasteiger charge is 2.32. The van der Waals surface area contributed by atoms with Crippen molar-refractivity contribution in [3.8, 4) is 0 Å². The van der Waals surface area contributed by atoms with E-state index in [1.165, 1.54) is 0 Å². The zero-order chi connectivity index (χ0) is 11.4. The van der Waals surface area contributed by atoms with Gasteiger partial charge >= 0.3 is 0 Å². The molecule has 0 amide bonds. The number of hydrogen-bond donors (Lipinski definition) is 1. The molecule has 2 rings (SSSR count). The van der Waals surface area contributed by atoms with Crippen LogP contribution in [0.4, 0.5) is 0 Å². The van der Waals surface area contributed by atoms with Crippen molar-refractivity contribution >= 4 is 0 Å². The molecule has 1 unspecified atom stereocenters. The summed E-state index contributed by atoms with van der Waals surface area (Å²) in [6.45, 7) is 5.96. The molecule has 0 bridgehead atoms. The van der Waals surface area contributed by atoms with Crippen LogP contribution in [0.15, 0.2) is 18.6 Å². The molecule has 1 saturated heterocycles. The van der Waals surface area contributed by atoms with Crippen LogP contribution in [0, 0.1) is 0 Å². The van der Waals surface area contributed by atoms with Crippen LogP contribution in [0.2, 0.25) is 0 Å². The van der Waals surface area contributed by atoms with Crippen LogP contribution in [0.3, 0.4) is 0 Å². The third kappa shape index (κ3) is 3.23. The maximum absolute atomic E-state index is 5.67. The summed E-state index contributed by atoms with van der Waals surface area (Å²) in [5.41, 5.74) is 0.931. The normalized spacial score (nSPS) is 23.5. The topological polar surface area (TPSA) is 56.3 Å². The van der Waals surface area contributed by atoms with Gasteiger partial charge in [-0.2, -0.15) is 0 Å². The Kier molecular flexibility index (Phi) is 3.48. The van der Waals surface area contributed by atoms with Crippen molar-refractivity contribution in [3.05, 3.63) is 24.3 Å². The van der Waals surface area contributed by atoms with Crippen molar-refractivity contribution in [2.24, 2.45) is 0 Å². The summed E-state index contributed by atoms with van der Waals surface area (Å²) < 4.78 is 11.1. The Hall–Kier alpha value is -1.04. The molecule has 1 aliphatic heterocycles. The zero-order valence-electron chi connectivity index (χ0n) is 9.64. The summed E-state index contributed by atoms with van der Waals surface area (Å²) in [4.78, 5) is 8.17. The lowest BCUT2D eigenvalue weighted by atomic mass is 10.3. The lowest BCUT2D eigenvalue weighted by molar-refractivity contribution is -0.137. The van der Waals surface area contributed by atoms with E-state index in [1.54, 1.807) is 18.6 Å². The Morgan fingerprint density at radius 2 is 2.38 bits per heavy atom. The van der Waals surface area contributed by atoms with Gasteiger partial charge in [-0.15, -0.1) is 0 Å². The first-order chi connectivity index (χ1) is 7.66. The Bertz CT molecular complexity index is 329. The van der Waals surface area contributed by atoms with Crippen molar-refractivity contribution in [2.75, 3.05) is 13.2 Å². The van der Waals surface area contributed by atoms with Gasteiger partial charge in [0.25, 0.3) is 0 Å². The Morgan fingerprint density at radius 1 is 1.50 bits per heavy atom. The highest BCUT2D eigenvalue weighted by molar-refractivity contribution is 4.93. The minimum atomic E-state index is -0.446. The van der Waals surface area contributed by atoms with E-state index >= 15 is 0 Å². The van der Waals surface area contributed by atoms with Crippen LogP contribution in [-0.2, 0) is 16.0 Å². The van der Waals surface area contributed by atoms with Crippen LogP contribution >= 0.6 is 0 Å². The molecule has 1 aliphatic rings. The summed E-state index contributed by atoms with van der Waals surface area (Å²) in [5.74, 6) is -0.446. The van der Waals surface area contributed by atoms with E-state index in [0.717, 1.165) is 12.2 Å². The molecule has 1 atom stereocenters. The minimum Gasteiger partial charge on any atom is -0.348 e. The number of nitrogens with zero attached hydrogens (tertiary/aromatic N) is 2. The molecule has 2 heterocycles.